The first kappa shape index (κ1) is 7.61. The Bertz CT molecular complexity index is 399. The van der Waals surface area contributed by atoms with E-state index < -0.39 is 0 Å². The van der Waals surface area contributed by atoms with E-state index in [4.69, 9.17) is 5.73 Å². The van der Waals surface area contributed by atoms with E-state index in [9.17, 15) is 0 Å². The molecule has 0 aliphatic heterocycles. The summed E-state index contributed by atoms with van der Waals surface area (Å²) >= 11 is 1.63. The maximum Gasteiger partial charge on any atom is 0.195 e. The van der Waals surface area contributed by atoms with Gasteiger partial charge in [-0.1, -0.05) is 13.8 Å². The van der Waals surface area contributed by atoms with Gasteiger partial charge in [-0.05, 0) is 5.92 Å². The Morgan fingerprint density at radius 2 is 2.33 bits per heavy atom. The number of fused-ring (bicyclic) bond motifs is 1. The summed E-state index contributed by atoms with van der Waals surface area (Å²) in [5.74, 6) is 1.23. The summed E-state index contributed by atoms with van der Waals surface area (Å²) in [4.78, 5) is 5.16. The molecule has 0 saturated carbocycles. The molecule has 0 bridgehead atoms. The van der Waals surface area contributed by atoms with Gasteiger partial charge in [0.05, 0.1) is 6.20 Å². The Morgan fingerprint density at radius 3 is 3.00 bits per heavy atom. The monoisotopic (exact) mass is 181 g/mol. The van der Waals surface area contributed by atoms with Crippen LogP contribution in [0.3, 0.4) is 0 Å². The minimum atomic E-state index is 0.496. The maximum atomic E-state index is 5.77. The number of nitrogens with two attached hydrogens (primary N) is 1. The number of hydrogen-bond acceptors (Lipinski definition) is 3. The molecule has 2 aromatic heterocycles. The summed E-state index contributed by atoms with van der Waals surface area (Å²) < 4.78 is 2.01. The van der Waals surface area contributed by atoms with Crippen molar-refractivity contribution in [3.05, 3.63) is 17.3 Å². The lowest BCUT2D eigenvalue weighted by atomic mass is 10.2. The van der Waals surface area contributed by atoms with Crippen LogP contribution in [0.25, 0.3) is 4.96 Å². The smallest absolute Gasteiger partial charge is 0.195 e. The van der Waals surface area contributed by atoms with Crippen LogP contribution in [0.1, 0.15) is 25.5 Å². The fourth-order valence-electron chi connectivity index (χ4n) is 1.25. The second kappa shape index (κ2) is 2.48. The van der Waals surface area contributed by atoms with Crippen LogP contribution in [0.4, 0.5) is 5.82 Å². The fraction of sp³-hybridized carbons (Fsp3) is 0.375. The zero-order valence-corrected chi connectivity index (χ0v) is 7.93. The van der Waals surface area contributed by atoms with Gasteiger partial charge in [0.15, 0.2) is 4.96 Å². The van der Waals surface area contributed by atoms with Gasteiger partial charge in [0.2, 0.25) is 0 Å². The van der Waals surface area contributed by atoms with Crippen LogP contribution in [0.15, 0.2) is 11.6 Å². The molecule has 12 heavy (non-hydrogen) atoms. The van der Waals surface area contributed by atoms with Gasteiger partial charge < -0.3 is 5.73 Å². The molecular formula is C8H11N3S. The fourth-order valence-corrected chi connectivity index (χ4v) is 2.28. The van der Waals surface area contributed by atoms with E-state index in [0.29, 0.717) is 5.92 Å². The van der Waals surface area contributed by atoms with Gasteiger partial charge in [-0.15, -0.1) is 11.3 Å². The van der Waals surface area contributed by atoms with Crippen LogP contribution in [0.5, 0.6) is 0 Å². The van der Waals surface area contributed by atoms with Gasteiger partial charge in [0, 0.05) is 11.1 Å². The predicted octanol–water partition coefficient (Wildman–Crippen LogP) is 2.10. The first-order valence-electron chi connectivity index (χ1n) is 3.90. The largest absolute Gasteiger partial charge is 0.383 e. The van der Waals surface area contributed by atoms with Crippen molar-refractivity contribution >= 4 is 22.1 Å². The number of hydrogen-bond donors (Lipinski definition) is 1. The van der Waals surface area contributed by atoms with Crippen molar-refractivity contribution in [1.29, 1.82) is 0 Å². The molecule has 2 N–H and O–H groups in total. The molecule has 0 fully saturated rings. The lowest BCUT2D eigenvalue weighted by molar-refractivity contribution is 0.814. The molecule has 0 aromatic carbocycles. The van der Waals surface area contributed by atoms with Crippen molar-refractivity contribution in [2.75, 3.05) is 5.73 Å². The first-order chi connectivity index (χ1) is 5.70. The number of imidazole rings is 1. The first-order valence-corrected chi connectivity index (χ1v) is 4.78. The second-order valence-corrected chi connectivity index (χ2v) is 3.95. The lowest BCUT2D eigenvalue weighted by Crippen LogP contribution is -1.97. The van der Waals surface area contributed by atoms with E-state index in [2.05, 4.69) is 24.2 Å². The van der Waals surface area contributed by atoms with Crippen molar-refractivity contribution in [3.8, 4) is 0 Å². The van der Waals surface area contributed by atoms with Crippen molar-refractivity contribution < 1.29 is 0 Å². The zero-order chi connectivity index (χ0) is 8.72. The Hall–Kier alpha value is -1.03. The zero-order valence-electron chi connectivity index (χ0n) is 7.11. The third kappa shape index (κ3) is 0.914. The molecule has 0 amide bonds. The normalized spacial score (nSPS) is 11.6. The molecule has 0 radical (unpaired) electrons. The van der Waals surface area contributed by atoms with Crippen molar-refractivity contribution in [2.24, 2.45) is 0 Å². The Labute approximate surface area is 74.8 Å². The van der Waals surface area contributed by atoms with E-state index in [-0.39, 0.29) is 0 Å². The van der Waals surface area contributed by atoms with Crippen LogP contribution >= 0.6 is 11.3 Å². The summed E-state index contributed by atoms with van der Waals surface area (Å²) in [6.07, 6.45) is 1.71. The number of thiazole rings is 1. The van der Waals surface area contributed by atoms with Crippen LogP contribution < -0.4 is 5.73 Å². The number of anilines is 1. The third-order valence-corrected chi connectivity index (χ3v) is 2.75. The number of nitrogen functional groups attached to an aromatic ring is 1. The molecule has 64 valence electrons. The summed E-state index contributed by atoms with van der Waals surface area (Å²) in [6, 6.07) is 0. The molecule has 0 atom stereocenters. The van der Waals surface area contributed by atoms with Gasteiger partial charge in [-0.25, -0.2) is 4.98 Å². The molecule has 0 unspecified atom stereocenters. The van der Waals surface area contributed by atoms with E-state index in [1.807, 2.05) is 4.40 Å². The molecule has 2 rings (SSSR count). The summed E-state index contributed by atoms with van der Waals surface area (Å²) in [5.41, 5.74) is 7.01. The van der Waals surface area contributed by atoms with E-state index in [1.165, 1.54) is 5.69 Å². The topological polar surface area (TPSA) is 43.3 Å². The second-order valence-electron chi connectivity index (χ2n) is 3.12. The average molecular weight is 181 g/mol. The Morgan fingerprint density at radius 1 is 1.58 bits per heavy atom. The van der Waals surface area contributed by atoms with Gasteiger partial charge in [0.1, 0.15) is 5.82 Å². The summed E-state index contributed by atoms with van der Waals surface area (Å²) in [5, 5.41) is 2.11. The minimum absolute atomic E-state index is 0.496. The van der Waals surface area contributed by atoms with Crippen LogP contribution in [-0.4, -0.2) is 9.38 Å². The number of rotatable bonds is 1. The van der Waals surface area contributed by atoms with Gasteiger partial charge in [-0.3, -0.25) is 4.40 Å². The number of aromatic nitrogens is 2. The Kier molecular flexibility index (Phi) is 1.58. The van der Waals surface area contributed by atoms with Gasteiger partial charge in [0.25, 0.3) is 0 Å². The molecule has 2 heterocycles. The SMILES string of the molecule is CC(C)c1csc2ncc(N)n12. The van der Waals surface area contributed by atoms with Crippen molar-refractivity contribution in [2.45, 2.75) is 19.8 Å². The predicted molar refractivity (Wildman–Crippen MR) is 51.6 cm³/mol. The standard InChI is InChI=1S/C8H11N3S/c1-5(2)6-4-12-8-10-3-7(9)11(6)8/h3-5H,9H2,1-2H3. The maximum absolute atomic E-state index is 5.77. The molecule has 0 spiro atoms. The van der Waals surface area contributed by atoms with E-state index in [1.54, 1.807) is 17.5 Å². The highest BCUT2D eigenvalue weighted by Crippen LogP contribution is 2.24. The highest BCUT2D eigenvalue weighted by molar-refractivity contribution is 7.15. The van der Waals surface area contributed by atoms with Crippen LogP contribution in [0, 0.1) is 0 Å². The highest BCUT2D eigenvalue weighted by atomic mass is 32.1. The van der Waals surface area contributed by atoms with Gasteiger partial charge in [-0.2, -0.15) is 0 Å². The van der Waals surface area contributed by atoms with Gasteiger partial charge >= 0.3 is 0 Å². The van der Waals surface area contributed by atoms with E-state index in [0.717, 1.165) is 10.8 Å². The van der Waals surface area contributed by atoms with E-state index >= 15 is 0 Å². The summed E-state index contributed by atoms with van der Waals surface area (Å²) in [7, 11) is 0. The lowest BCUT2D eigenvalue weighted by Gasteiger charge is -2.02. The molecule has 4 heteroatoms. The highest BCUT2D eigenvalue weighted by Gasteiger charge is 2.09. The Balaban J connectivity index is 2.75. The van der Waals surface area contributed by atoms with Crippen molar-refractivity contribution in [1.82, 2.24) is 9.38 Å². The molecular weight excluding hydrogens is 170 g/mol. The molecule has 2 aromatic rings. The minimum Gasteiger partial charge on any atom is -0.383 e. The quantitative estimate of drug-likeness (QED) is 0.732. The number of nitrogens with zero attached hydrogens (tertiary/aromatic N) is 2. The average Bonchev–Trinajstić information content (AvgIpc) is 2.53. The third-order valence-electron chi connectivity index (χ3n) is 1.89. The van der Waals surface area contributed by atoms with Crippen LogP contribution in [-0.2, 0) is 0 Å². The van der Waals surface area contributed by atoms with Crippen molar-refractivity contribution in [3.63, 3.8) is 0 Å². The molecule has 0 aliphatic carbocycles. The molecule has 0 aliphatic rings. The molecule has 3 nitrogen and oxygen atoms in total. The van der Waals surface area contributed by atoms with Crippen LogP contribution in [0.2, 0.25) is 0 Å². The summed E-state index contributed by atoms with van der Waals surface area (Å²) in [6.45, 7) is 4.31. The molecule has 0 saturated heterocycles.